The zero-order valence-corrected chi connectivity index (χ0v) is 26.2. The van der Waals surface area contributed by atoms with Gasteiger partial charge in [-0.1, -0.05) is 6.07 Å². The average molecular weight is 660 g/mol. The number of aromatic nitrogens is 1. The number of quaternary nitrogens is 1. The van der Waals surface area contributed by atoms with Crippen molar-refractivity contribution in [2.24, 2.45) is 0 Å². The van der Waals surface area contributed by atoms with Gasteiger partial charge in [0.25, 0.3) is 0 Å². The molecule has 3 aromatic rings. The highest BCUT2D eigenvalue weighted by Crippen LogP contribution is 2.41. The first kappa shape index (κ1) is 36.9. The molecule has 0 aliphatic carbocycles. The fourth-order valence-corrected chi connectivity index (χ4v) is 5.18. The molecule has 7 nitrogen and oxygen atoms in total. The number of likely N-dealkylation sites (N-methyl/N-ethyl adjacent to an activating group) is 1. The van der Waals surface area contributed by atoms with Gasteiger partial charge in [0.1, 0.15) is 5.82 Å². The van der Waals surface area contributed by atoms with Crippen LogP contribution in [0.15, 0.2) is 48.7 Å². The van der Waals surface area contributed by atoms with Crippen LogP contribution >= 0.6 is 0 Å². The van der Waals surface area contributed by atoms with Crippen LogP contribution in [0.5, 0.6) is 0 Å². The number of pyridine rings is 1. The van der Waals surface area contributed by atoms with Crippen molar-refractivity contribution in [2.75, 3.05) is 58.5 Å². The van der Waals surface area contributed by atoms with E-state index in [1.807, 2.05) is 5.32 Å². The fourth-order valence-electron chi connectivity index (χ4n) is 5.18. The Hall–Kier alpha value is -3.59. The van der Waals surface area contributed by atoms with Crippen LogP contribution in [0.1, 0.15) is 36.1 Å². The number of ether oxygens (including phenoxy) is 1. The number of halogens is 7. The molecule has 0 unspecified atom stereocenters. The summed E-state index contributed by atoms with van der Waals surface area (Å²) in [5, 5.41) is 8.93. The lowest BCUT2D eigenvalue weighted by Gasteiger charge is -2.32. The molecule has 2 heterocycles. The number of nitrogens with zero attached hydrogens (tertiary/aromatic N) is 3. The zero-order chi connectivity index (χ0) is 34.4. The summed E-state index contributed by atoms with van der Waals surface area (Å²) in [7, 11) is 2.38. The first-order valence-electron chi connectivity index (χ1n) is 14.4. The molecule has 0 bridgehead atoms. The molecule has 4 rings (SSSR count). The van der Waals surface area contributed by atoms with Gasteiger partial charge >= 0.3 is 12.4 Å². The standard InChI is InChI=1S/C31H33F7N4O2.CH4O/c1-19-13-23(32)5-6-24(19)25-17-27(39-7-8-42-9-11-44-12-10-42)40-18-26(25)41(4)28(43)29(2,3)20-14-21(30(33,34)35)16-22(15-20)31(36,37)38;1-2/h5-6,13-18H,7-12H2,1-4H3,(H,39,40);2H,1H3/p+1. The minimum absolute atomic E-state index is 0.0292. The van der Waals surface area contributed by atoms with Gasteiger partial charge in [0, 0.05) is 45.4 Å². The van der Waals surface area contributed by atoms with Crippen LogP contribution in [-0.4, -0.2) is 74.4 Å². The van der Waals surface area contributed by atoms with Crippen molar-refractivity contribution in [1.29, 1.82) is 0 Å². The van der Waals surface area contributed by atoms with Crippen LogP contribution in [0.4, 0.5) is 42.2 Å². The monoisotopic (exact) mass is 659 g/mol. The van der Waals surface area contributed by atoms with E-state index < -0.39 is 46.2 Å². The van der Waals surface area contributed by atoms with E-state index in [1.165, 1.54) is 39.2 Å². The Labute approximate surface area is 263 Å². The minimum atomic E-state index is -5.06. The molecule has 0 spiro atoms. The predicted molar refractivity (Wildman–Crippen MR) is 159 cm³/mol. The van der Waals surface area contributed by atoms with E-state index in [-0.39, 0.29) is 11.8 Å². The number of aryl methyl sites for hydroxylation is 1. The van der Waals surface area contributed by atoms with Crippen molar-refractivity contribution < 1.29 is 50.7 Å². The molecule has 0 saturated carbocycles. The summed E-state index contributed by atoms with van der Waals surface area (Å²) in [6.45, 7) is 8.65. The molecule has 1 saturated heterocycles. The molecule has 3 N–H and O–H groups in total. The Morgan fingerprint density at radius 1 is 0.935 bits per heavy atom. The average Bonchev–Trinajstić information content (AvgIpc) is 3.01. The molecule has 1 aliphatic heterocycles. The number of aliphatic hydroxyl groups is 1. The number of carbonyl (C=O) groups is 1. The largest absolute Gasteiger partial charge is 0.416 e. The lowest BCUT2D eigenvalue weighted by molar-refractivity contribution is -0.575. The summed E-state index contributed by atoms with van der Waals surface area (Å²) >= 11 is 0. The summed E-state index contributed by atoms with van der Waals surface area (Å²) in [6, 6.07) is 7.04. The number of hydrogen-bond donors (Lipinski definition) is 2. The second kappa shape index (κ2) is 14.9. The number of anilines is 1. The summed E-state index contributed by atoms with van der Waals surface area (Å²) in [5.74, 6) is -0.639. The number of benzene rings is 2. The van der Waals surface area contributed by atoms with E-state index in [0.717, 1.165) is 31.6 Å². The zero-order valence-electron chi connectivity index (χ0n) is 26.2. The van der Waals surface area contributed by atoms with Gasteiger partial charge < -0.3 is 14.7 Å². The van der Waals surface area contributed by atoms with E-state index in [4.69, 9.17) is 9.84 Å². The Balaban J connectivity index is 0.00000282. The number of hydrogen-bond acceptors (Lipinski definition) is 5. The summed E-state index contributed by atoms with van der Waals surface area (Å²) in [5.41, 5.74) is -3.37. The second-order valence-electron chi connectivity index (χ2n) is 11.3. The van der Waals surface area contributed by atoms with Crippen molar-refractivity contribution in [3.63, 3.8) is 0 Å². The van der Waals surface area contributed by atoms with Gasteiger partial charge in [-0.05, 0) is 67.8 Å². The van der Waals surface area contributed by atoms with Gasteiger partial charge in [-0.3, -0.25) is 15.0 Å². The smallest absolute Gasteiger partial charge is 0.400 e. The maximum absolute atomic E-state index is 14.0. The number of carbonyl (C=O) groups excluding carboxylic acids is 1. The van der Waals surface area contributed by atoms with Crippen molar-refractivity contribution in [1.82, 2.24) is 9.88 Å². The summed E-state index contributed by atoms with van der Waals surface area (Å²) in [6.07, 6.45) is -8.70. The molecule has 14 heteroatoms. The number of aliphatic hydroxyl groups excluding tert-OH is 1. The highest BCUT2D eigenvalue weighted by Gasteiger charge is 2.41. The molecule has 1 fully saturated rings. The molecule has 2 aromatic carbocycles. The van der Waals surface area contributed by atoms with Crippen LogP contribution in [0.3, 0.4) is 0 Å². The Morgan fingerprint density at radius 3 is 2.04 bits per heavy atom. The molecular formula is C32H38F7N4O3+. The lowest BCUT2D eigenvalue weighted by Crippen LogP contribution is -2.80. The molecule has 1 amide bonds. The summed E-state index contributed by atoms with van der Waals surface area (Å²) < 4.78 is 101. The predicted octanol–water partition coefficient (Wildman–Crippen LogP) is 5.31. The number of nitrogens with two attached hydrogens (primary N) is 1. The van der Waals surface area contributed by atoms with Crippen LogP contribution in [-0.2, 0) is 27.3 Å². The highest BCUT2D eigenvalue weighted by molar-refractivity contribution is 6.03. The van der Waals surface area contributed by atoms with E-state index in [1.54, 1.807) is 19.1 Å². The fraction of sp³-hybridized carbons (Fsp3) is 0.438. The molecule has 252 valence electrons. The summed E-state index contributed by atoms with van der Waals surface area (Å²) in [4.78, 5) is 21.8. The maximum Gasteiger partial charge on any atom is 0.416 e. The topological polar surface area (TPSA) is 82.5 Å². The van der Waals surface area contributed by atoms with E-state index in [2.05, 4.69) is 9.88 Å². The van der Waals surface area contributed by atoms with Crippen molar-refractivity contribution >= 4 is 17.4 Å². The first-order chi connectivity index (χ1) is 21.5. The molecule has 1 aromatic heterocycles. The van der Waals surface area contributed by atoms with E-state index in [9.17, 15) is 35.5 Å². The SMILES string of the molecule is CO.Cc1cc(F)ccc1-c1cc([NH2+]CCN2CCOCC2)ncc1N(C)C(=O)C(C)(C)c1cc(C(F)(F)F)cc(C(F)(F)F)c1. The maximum atomic E-state index is 14.0. The van der Waals surface area contributed by atoms with Gasteiger partial charge in [0.15, 0.2) is 0 Å². The van der Waals surface area contributed by atoms with Gasteiger partial charge in [-0.25, -0.2) is 9.37 Å². The van der Waals surface area contributed by atoms with Crippen LogP contribution in [0.2, 0.25) is 0 Å². The normalized spacial score (nSPS) is 14.5. The van der Waals surface area contributed by atoms with E-state index in [0.29, 0.717) is 54.4 Å². The third-order valence-electron chi connectivity index (χ3n) is 7.80. The molecular weight excluding hydrogens is 621 g/mol. The van der Waals surface area contributed by atoms with Gasteiger partial charge in [0.05, 0.1) is 48.2 Å². The van der Waals surface area contributed by atoms with Crippen molar-refractivity contribution in [3.8, 4) is 11.1 Å². The number of alkyl halides is 6. The third kappa shape index (κ3) is 8.81. The number of rotatable bonds is 8. The van der Waals surface area contributed by atoms with Crippen LogP contribution in [0, 0.1) is 12.7 Å². The molecule has 1 aliphatic rings. The first-order valence-corrected chi connectivity index (χ1v) is 14.4. The molecule has 0 atom stereocenters. The Kier molecular flexibility index (Phi) is 11.9. The lowest BCUT2D eigenvalue weighted by atomic mass is 9.81. The van der Waals surface area contributed by atoms with Gasteiger partial charge in [-0.15, -0.1) is 0 Å². The van der Waals surface area contributed by atoms with Crippen LogP contribution in [0.25, 0.3) is 11.1 Å². The van der Waals surface area contributed by atoms with Crippen LogP contribution < -0.4 is 10.2 Å². The van der Waals surface area contributed by atoms with E-state index >= 15 is 0 Å². The van der Waals surface area contributed by atoms with Gasteiger partial charge in [-0.2, -0.15) is 26.3 Å². The molecule has 0 radical (unpaired) electrons. The third-order valence-corrected chi connectivity index (χ3v) is 7.80. The van der Waals surface area contributed by atoms with Crippen molar-refractivity contribution in [2.45, 2.75) is 38.5 Å². The number of morpholine rings is 1. The second-order valence-corrected chi connectivity index (χ2v) is 11.3. The molecule has 46 heavy (non-hydrogen) atoms. The Bertz CT molecular complexity index is 1470. The Morgan fingerprint density at radius 2 is 1.50 bits per heavy atom. The highest BCUT2D eigenvalue weighted by atomic mass is 19.4. The number of amides is 1. The van der Waals surface area contributed by atoms with Gasteiger partial charge in [0.2, 0.25) is 11.7 Å². The minimum Gasteiger partial charge on any atom is -0.400 e. The quantitative estimate of drug-likeness (QED) is 0.321. The van der Waals surface area contributed by atoms with Crippen molar-refractivity contribution in [3.05, 3.63) is 76.7 Å².